The maximum atomic E-state index is 14.1. The molecule has 5 heterocycles. The summed E-state index contributed by atoms with van der Waals surface area (Å²) in [5, 5.41) is 7.92. The summed E-state index contributed by atoms with van der Waals surface area (Å²) in [6.45, 7) is 9.24. The number of amides is 3. The number of ether oxygens (including phenoxy) is 2. The Balaban J connectivity index is 1.07. The maximum Gasteiger partial charge on any atom is 0.326 e. The standard InChI is InChI=1S/C35H47N7O7SSi/c1-51(2,3)21-20-50(46,47)42-30-9-8-25(22-26(30)24-36-42)23-29(32(43)39-16-12-35(13-17-39)48-18-19-49-35)38-33(44)40-14-10-27(11-15-40)41-31-7-5-4-6-28(31)37-34(41)45/h4-9,22,24,27,29H,10-21,23H2,1-3H3,(H,37,45)(H,38,44). The maximum absolute atomic E-state index is 14.1. The highest BCUT2D eigenvalue weighted by Gasteiger charge is 2.42. The molecule has 0 radical (unpaired) electrons. The minimum atomic E-state index is -3.63. The molecule has 2 aromatic carbocycles. The molecule has 16 heteroatoms. The first kappa shape index (κ1) is 35.4. The van der Waals surface area contributed by atoms with Crippen LogP contribution in [0.5, 0.6) is 0 Å². The summed E-state index contributed by atoms with van der Waals surface area (Å²) in [6, 6.07) is 12.3. The summed E-state index contributed by atoms with van der Waals surface area (Å²) in [5.74, 6) is -0.804. The van der Waals surface area contributed by atoms with Gasteiger partial charge in [0.2, 0.25) is 5.91 Å². The van der Waals surface area contributed by atoms with Gasteiger partial charge in [-0.25, -0.2) is 18.0 Å². The van der Waals surface area contributed by atoms with Crippen LogP contribution in [0.15, 0.2) is 53.5 Å². The average Bonchev–Trinajstić information content (AvgIpc) is 3.84. The van der Waals surface area contributed by atoms with Crippen molar-refractivity contribution < 1.29 is 27.5 Å². The molecule has 7 rings (SSSR count). The fraction of sp³-hybridized carbons (Fsp3) is 0.543. The molecule has 1 atom stereocenters. The van der Waals surface area contributed by atoms with E-state index in [1.165, 1.54) is 6.20 Å². The molecule has 1 spiro atoms. The largest absolute Gasteiger partial charge is 0.347 e. The zero-order valence-electron chi connectivity index (χ0n) is 29.5. The van der Waals surface area contributed by atoms with Crippen molar-refractivity contribution in [1.82, 2.24) is 33.9 Å². The van der Waals surface area contributed by atoms with E-state index >= 15 is 0 Å². The molecule has 14 nitrogen and oxygen atoms in total. The number of imidazole rings is 1. The molecule has 0 aliphatic carbocycles. The Morgan fingerprint density at radius 3 is 2.41 bits per heavy atom. The average molecular weight is 738 g/mol. The lowest BCUT2D eigenvalue weighted by atomic mass is 9.99. The van der Waals surface area contributed by atoms with Crippen LogP contribution in [0.25, 0.3) is 21.9 Å². The number of likely N-dealkylation sites (tertiary alicyclic amines) is 2. The number of urea groups is 1. The first-order valence-corrected chi connectivity index (χ1v) is 23.1. The fourth-order valence-corrected chi connectivity index (χ4v) is 11.8. The van der Waals surface area contributed by atoms with Crippen molar-refractivity contribution in [2.24, 2.45) is 0 Å². The second kappa shape index (κ2) is 13.9. The van der Waals surface area contributed by atoms with Crippen molar-refractivity contribution in [3.8, 4) is 0 Å². The van der Waals surface area contributed by atoms with Crippen molar-refractivity contribution in [2.45, 2.75) is 75.7 Å². The number of rotatable bonds is 9. The fourth-order valence-electron chi connectivity index (χ4n) is 7.44. The molecule has 3 aliphatic rings. The second-order valence-corrected chi connectivity index (χ2v) is 22.7. The van der Waals surface area contributed by atoms with Gasteiger partial charge < -0.3 is 29.6 Å². The third-order valence-corrected chi connectivity index (χ3v) is 14.1. The lowest BCUT2D eigenvalue weighted by Crippen LogP contribution is -2.57. The van der Waals surface area contributed by atoms with Gasteiger partial charge in [0.1, 0.15) is 6.04 Å². The van der Waals surface area contributed by atoms with E-state index in [-0.39, 0.29) is 35.8 Å². The number of piperidine rings is 2. The van der Waals surface area contributed by atoms with Crippen molar-refractivity contribution in [3.63, 3.8) is 0 Å². The van der Waals surface area contributed by atoms with Gasteiger partial charge in [-0.15, -0.1) is 0 Å². The highest BCUT2D eigenvalue weighted by molar-refractivity contribution is 7.90. The summed E-state index contributed by atoms with van der Waals surface area (Å²) >= 11 is 0. The number of hydrogen-bond acceptors (Lipinski definition) is 8. The summed E-state index contributed by atoms with van der Waals surface area (Å²) in [4.78, 5) is 47.1. The Bertz CT molecular complexity index is 2080. The first-order chi connectivity index (χ1) is 24.3. The molecule has 3 amide bonds. The number of fused-ring (bicyclic) bond motifs is 2. The third-order valence-electron chi connectivity index (χ3n) is 10.4. The van der Waals surface area contributed by atoms with Gasteiger partial charge in [-0.2, -0.15) is 9.19 Å². The number of aromatic amines is 1. The van der Waals surface area contributed by atoms with E-state index in [4.69, 9.17) is 9.47 Å². The SMILES string of the molecule is C[Si](C)(C)CCS(=O)(=O)n1ncc2cc(CC(NC(=O)N3CCC(n4c(=O)[nH]c5ccccc54)CC3)C(=O)N3CCC4(CC3)OCCO4)ccc21. The molecule has 4 aromatic rings. The predicted octanol–water partition coefficient (Wildman–Crippen LogP) is 3.52. The predicted molar refractivity (Wildman–Crippen MR) is 196 cm³/mol. The summed E-state index contributed by atoms with van der Waals surface area (Å²) in [5.41, 5.74) is 2.73. The number of nitrogens with zero attached hydrogens (tertiary/aromatic N) is 5. The Hall–Kier alpha value is -3.99. The second-order valence-electron chi connectivity index (χ2n) is 15.2. The lowest BCUT2D eigenvalue weighted by molar-refractivity contribution is -0.187. The molecule has 1 unspecified atom stereocenters. The van der Waals surface area contributed by atoms with Gasteiger partial charge in [0.25, 0.3) is 10.0 Å². The van der Waals surface area contributed by atoms with Gasteiger partial charge in [0.05, 0.1) is 41.7 Å². The molecule has 3 aliphatic heterocycles. The number of carbonyl (C=O) groups excluding carboxylic acids is 2. The Kier molecular flexibility index (Phi) is 9.62. The number of hydrogen-bond donors (Lipinski definition) is 2. The Labute approximate surface area is 298 Å². The third kappa shape index (κ3) is 7.50. The smallest absolute Gasteiger partial charge is 0.326 e. The summed E-state index contributed by atoms with van der Waals surface area (Å²) in [6.07, 6.45) is 4.06. The molecule has 274 valence electrons. The lowest BCUT2D eigenvalue weighted by Gasteiger charge is -2.39. The molecule has 51 heavy (non-hydrogen) atoms. The number of nitrogens with one attached hydrogen (secondary N) is 2. The summed E-state index contributed by atoms with van der Waals surface area (Å²) < 4.78 is 41.0. The van der Waals surface area contributed by atoms with E-state index in [9.17, 15) is 22.8 Å². The molecule has 2 N–H and O–H groups in total. The van der Waals surface area contributed by atoms with Crippen LogP contribution in [0.3, 0.4) is 0 Å². The highest BCUT2D eigenvalue weighted by Crippen LogP contribution is 2.32. The van der Waals surface area contributed by atoms with E-state index in [0.717, 1.165) is 20.7 Å². The van der Waals surface area contributed by atoms with Crippen LogP contribution in [0.1, 0.15) is 37.3 Å². The molecule has 0 bridgehead atoms. The monoisotopic (exact) mass is 737 g/mol. The van der Waals surface area contributed by atoms with Crippen molar-refractivity contribution in [3.05, 3.63) is 64.7 Å². The molecule has 0 saturated carbocycles. The molecule has 3 saturated heterocycles. The molecule has 2 aromatic heterocycles. The molecular formula is C35H47N7O7SSi. The zero-order chi connectivity index (χ0) is 36.0. The topological polar surface area (TPSA) is 161 Å². The quantitative estimate of drug-likeness (QED) is 0.247. The highest BCUT2D eigenvalue weighted by atomic mass is 32.2. The Morgan fingerprint density at radius 2 is 1.71 bits per heavy atom. The normalized spacial score (nSPS) is 19.3. The van der Waals surface area contributed by atoms with Gasteiger partial charge in [0.15, 0.2) is 5.79 Å². The van der Waals surface area contributed by atoms with E-state index in [0.29, 0.717) is 82.0 Å². The van der Waals surface area contributed by atoms with Gasteiger partial charge in [-0.1, -0.05) is 37.8 Å². The van der Waals surface area contributed by atoms with E-state index in [2.05, 4.69) is 35.0 Å². The molecular weight excluding hydrogens is 691 g/mol. The van der Waals surface area contributed by atoms with Crippen LogP contribution in [0.4, 0.5) is 4.79 Å². The molecule has 3 fully saturated rings. The van der Waals surface area contributed by atoms with Crippen LogP contribution in [0.2, 0.25) is 25.7 Å². The number of benzene rings is 2. The van der Waals surface area contributed by atoms with E-state index in [1.807, 2.05) is 30.3 Å². The van der Waals surface area contributed by atoms with Crippen molar-refractivity contribution in [2.75, 3.05) is 45.1 Å². The van der Waals surface area contributed by atoms with Gasteiger partial charge in [0, 0.05) is 64.9 Å². The minimum Gasteiger partial charge on any atom is -0.347 e. The van der Waals surface area contributed by atoms with Crippen LogP contribution in [-0.2, 0) is 30.7 Å². The van der Waals surface area contributed by atoms with E-state index < -0.39 is 29.9 Å². The number of carbonyl (C=O) groups is 2. The van der Waals surface area contributed by atoms with Crippen molar-refractivity contribution >= 4 is 52.0 Å². The Morgan fingerprint density at radius 1 is 1.00 bits per heavy atom. The minimum absolute atomic E-state index is 0.0346. The summed E-state index contributed by atoms with van der Waals surface area (Å²) in [7, 11) is -5.22. The number of aromatic nitrogens is 4. The van der Waals surface area contributed by atoms with Gasteiger partial charge in [-0.05, 0) is 48.7 Å². The first-order valence-electron chi connectivity index (χ1n) is 17.8. The van der Waals surface area contributed by atoms with Gasteiger partial charge >= 0.3 is 11.7 Å². The van der Waals surface area contributed by atoms with Crippen LogP contribution < -0.4 is 11.0 Å². The zero-order valence-corrected chi connectivity index (χ0v) is 31.3. The van der Waals surface area contributed by atoms with Crippen molar-refractivity contribution in [1.29, 1.82) is 0 Å². The van der Waals surface area contributed by atoms with Gasteiger partial charge in [-0.3, -0.25) is 9.36 Å². The number of para-hydroxylation sites is 2. The number of H-pyrrole nitrogens is 1. The van der Waals surface area contributed by atoms with Crippen LogP contribution in [0, 0.1) is 0 Å². The van der Waals surface area contributed by atoms with Crippen LogP contribution in [-0.4, -0.2) is 114 Å². The van der Waals surface area contributed by atoms with E-state index in [1.54, 1.807) is 26.5 Å². The van der Waals surface area contributed by atoms with Crippen LogP contribution >= 0.6 is 0 Å².